The molecular weight excluding hydrogens is 162 g/mol. The monoisotopic (exact) mass is 177 g/mol. The van der Waals surface area contributed by atoms with E-state index in [-0.39, 0.29) is 0 Å². The maximum Gasteiger partial charge on any atom is 0.0794 e. The van der Waals surface area contributed by atoms with Gasteiger partial charge in [-0.1, -0.05) is 0 Å². The van der Waals surface area contributed by atoms with Crippen molar-refractivity contribution in [2.75, 3.05) is 18.5 Å². The largest absolute Gasteiger partial charge is 0.356 e. The lowest BCUT2D eigenvalue weighted by Crippen LogP contribution is -2.39. The summed E-state index contributed by atoms with van der Waals surface area (Å²) in [4.78, 5) is 6.41. The van der Waals surface area contributed by atoms with Crippen LogP contribution in [0.1, 0.15) is 12.8 Å². The van der Waals surface area contributed by atoms with Gasteiger partial charge in [-0.2, -0.15) is 0 Å². The quantitative estimate of drug-likeness (QED) is 0.736. The molecule has 1 saturated heterocycles. The van der Waals surface area contributed by atoms with E-state index in [4.69, 9.17) is 0 Å². The number of hydrogen-bond acceptors (Lipinski definition) is 3. The van der Waals surface area contributed by atoms with E-state index in [0.29, 0.717) is 6.17 Å². The molecule has 1 unspecified atom stereocenters. The Morgan fingerprint density at radius 1 is 1.46 bits per heavy atom. The summed E-state index contributed by atoms with van der Waals surface area (Å²) >= 11 is 0. The molecule has 2 heterocycles. The fourth-order valence-corrected chi connectivity index (χ4v) is 1.91. The van der Waals surface area contributed by atoms with Gasteiger partial charge in [0.2, 0.25) is 0 Å². The van der Waals surface area contributed by atoms with Crippen LogP contribution in [0.4, 0.5) is 5.69 Å². The number of pyridine rings is 1. The van der Waals surface area contributed by atoms with Crippen LogP contribution in [0, 0.1) is 0 Å². The Hall–Kier alpha value is -1.09. The zero-order valence-corrected chi connectivity index (χ0v) is 7.90. The molecule has 0 spiro atoms. The highest BCUT2D eigenvalue weighted by Gasteiger charge is 2.22. The second-order valence-corrected chi connectivity index (χ2v) is 3.35. The molecular formula is C10H15N3. The first-order valence-corrected chi connectivity index (χ1v) is 4.76. The number of rotatable bonds is 2. The molecule has 13 heavy (non-hydrogen) atoms. The molecule has 1 N–H and O–H groups in total. The van der Waals surface area contributed by atoms with Crippen molar-refractivity contribution in [3.05, 3.63) is 24.5 Å². The Morgan fingerprint density at radius 2 is 2.23 bits per heavy atom. The van der Waals surface area contributed by atoms with E-state index in [9.17, 15) is 0 Å². The second-order valence-electron chi connectivity index (χ2n) is 3.35. The van der Waals surface area contributed by atoms with Crippen molar-refractivity contribution >= 4 is 5.69 Å². The van der Waals surface area contributed by atoms with Crippen LogP contribution in [-0.2, 0) is 0 Å². The van der Waals surface area contributed by atoms with Crippen molar-refractivity contribution in [3.8, 4) is 0 Å². The summed E-state index contributed by atoms with van der Waals surface area (Å²) in [6, 6.07) is 4.13. The Labute approximate surface area is 78.8 Å². The predicted molar refractivity (Wildman–Crippen MR) is 53.7 cm³/mol. The van der Waals surface area contributed by atoms with Crippen LogP contribution in [0.2, 0.25) is 0 Å². The summed E-state index contributed by atoms with van der Waals surface area (Å²) < 4.78 is 0. The highest BCUT2D eigenvalue weighted by atomic mass is 15.3. The molecule has 1 fully saturated rings. The van der Waals surface area contributed by atoms with Gasteiger partial charge in [-0.25, -0.2) is 0 Å². The van der Waals surface area contributed by atoms with Crippen LogP contribution >= 0.6 is 0 Å². The third kappa shape index (κ3) is 1.65. The minimum absolute atomic E-state index is 0.502. The molecule has 1 atom stereocenters. The van der Waals surface area contributed by atoms with Gasteiger partial charge in [0.15, 0.2) is 0 Å². The lowest BCUT2D eigenvalue weighted by atomic mass is 10.3. The van der Waals surface area contributed by atoms with Gasteiger partial charge in [0.05, 0.1) is 6.17 Å². The third-order valence-corrected chi connectivity index (χ3v) is 2.58. The van der Waals surface area contributed by atoms with Crippen LogP contribution in [0.15, 0.2) is 24.5 Å². The van der Waals surface area contributed by atoms with Gasteiger partial charge in [-0.3, -0.25) is 4.98 Å². The smallest absolute Gasteiger partial charge is 0.0794 e. The third-order valence-electron chi connectivity index (χ3n) is 2.58. The van der Waals surface area contributed by atoms with Crippen LogP contribution in [-0.4, -0.2) is 24.7 Å². The molecule has 3 nitrogen and oxygen atoms in total. The minimum atomic E-state index is 0.502. The average molecular weight is 177 g/mol. The Morgan fingerprint density at radius 3 is 2.92 bits per heavy atom. The standard InChI is InChI=1S/C10H15N3/c1-11-10-3-2-8-13(10)9-4-6-12-7-5-9/h4-7,10-11H,2-3,8H2,1H3. The lowest BCUT2D eigenvalue weighted by molar-refractivity contribution is 0.582. The van der Waals surface area contributed by atoms with Gasteiger partial charge in [-0.15, -0.1) is 0 Å². The number of anilines is 1. The maximum atomic E-state index is 4.02. The van der Waals surface area contributed by atoms with E-state index in [1.807, 2.05) is 19.4 Å². The van der Waals surface area contributed by atoms with Crippen LogP contribution in [0.3, 0.4) is 0 Å². The summed E-state index contributed by atoms with van der Waals surface area (Å²) in [6.07, 6.45) is 6.70. The van der Waals surface area contributed by atoms with Crippen LogP contribution < -0.4 is 10.2 Å². The maximum absolute atomic E-state index is 4.02. The molecule has 70 valence electrons. The van der Waals surface area contributed by atoms with E-state index in [0.717, 1.165) is 6.54 Å². The highest BCUT2D eigenvalue weighted by Crippen LogP contribution is 2.22. The van der Waals surface area contributed by atoms with Crippen molar-refractivity contribution in [1.82, 2.24) is 10.3 Å². The molecule has 1 aliphatic heterocycles. The Bertz CT molecular complexity index is 260. The predicted octanol–water partition coefficient (Wildman–Crippen LogP) is 1.23. The normalized spacial score (nSPS) is 22.2. The Kier molecular flexibility index (Phi) is 2.45. The van der Waals surface area contributed by atoms with E-state index >= 15 is 0 Å². The first-order valence-electron chi connectivity index (χ1n) is 4.76. The van der Waals surface area contributed by atoms with E-state index in [1.54, 1.807) is 0 Å². The molecule has 0 saturated carbocycles. The summed E-state index contributed by atoms with van der Waals surface area (Å²) in [5.41, 5.74) is 1.27. The van der Waals surface area contributed by atoms with Crippen molar-refractivity contribution in [2.45, 2.75) is 19.0 Å². The SMILES string of the molecule is CNC1CCCN1c1ccncc1. The van der Waals surface area contributed by atoms with E-state index < -0.39 is 0 Å². The van der Waals surface area contributed by atoms with Crippen molar-refractivity contribution < 1.29 is 0 Å². The molecule has 1 aromatic heterocycles. The second kappa shape index (κ2) is 3.75. The van der Waals surface area contributed by atoms with Crippen LogP contribution in [0.5, 0.6) is 0 Å². The first kappa shape index (κ1) is 8.51. The van der Waals surface area contributed by atoms with Gasteiger partial charge in [0, 0.05) is 24.6 Å². The molecule has 0 aliphatic carbocycles. The van der Waals surface area contributed by atoms with Crippen molar-refractivity contribution in [3.63, 3.8) is 0 Å². The summed E-state index contributed by atoms with van der Waals surface area (Å²) in [7, 11) is 2.02. The van der Waals surface area contributed by atoms with E-state index in [1.165, 1.54) is 18.5 Å². The first-order chi connectivity index (χ1) is 6.42. The van der Waals surface area contributed by atoms with Gasteiger partial charge in [0.25, 0.3) is 0 Å². The Balaban J connectivity index is 2.16. The number of hydrogen-bond donors (Lipinski definition) is 1. The molecule has 0 bridgehead atoms. The fraction of sp³-hybridized carbons (Fsp3) is 0.500. The van der Waals surface area contributed by atoms with Gasteiger partial charge in [-0.05, 0) is 32.0 Å². The molecule has 0 radical (unpaired) electrons. The van der Waals surface area contributed by atoms with E-state index in [2.05, 4.69) is 27.3 Å². The van der Waals surface area contributed by atoms with Gasteiger partial charge in [0.1, 0.15) is 0 Å². The summed E-state index contributed by atoms with van der Waals surface area (Å²) in [5, 5.41) is 3.32. The molecule has 0 aromatic carbocycles. The zero-order chi connectivity index (χ0) is 9.10. The minimum Gasteiger partial charge on any atom is -0.356 e. The number of nitrogens with zero attached hydrogens (tertiary/aromatic N) is 2. The summed E-state index contributed by atoms with van der Waals surface area (Å²) in [6.45, 7) is 1.15. The summed E-state index contributed by atoms with van der Waals surface area (Å²) in [5.74, 6) is 0. The number of nitrogens with one attached hydrogen (secondary N) is 1. The molecule has 1 aliphatic rings. The molecule has 1 aromatic rings. The highest BCUT2D eigenvalue weighted by molar-refractivity contribution is 5.46. The fourth-order valence-electron chi connectivity index (χ4n) is 1.91. The molecule has 0 amide bonds. The molecule has 2 rings (SSSR count). The zero-order valence-electron chi connectivity index (χ0n) is 7.90. The topological polar surface area (TPSA) is 28.2 Å². The van der Waals surface area contributed by atoms with Crippen molar-refractivity contribution in [2.24, 2.45) is 0 Å². The van der Waals surface area contributed by atoms with Crippen molar-refractivity contribution in [1.29, 1.82) is 0 Å². The van der Waals surface area contributed by atoms with Crippen LogP contribution in [0.25, 0.3) is 0 Å². The molecule has 3 heteroatoms. The lowest BCUT2D eigenvalue weighted by Gasteiger charge is -2.25. The van der Waals surface area contributed by atoms with Gasteiger partial charge >= 0.3 is 0 Å². The average Bonchev–Trinajstić information content (AvgIpc) is 2.67. The van der Waals surface area contributed by atoms with Gasteiger partial charge < -0.3 is 10.2 Å². The number of aromatic nitrogens is 1.